The van der Waals surface area contributed by atoms with Crippen molar-refractivity contribution in [2.75, 3.05) is 0 Å². The molecule has 0 saturated heterocycles. The van der Waals surface area contributed by atoms with E-state index in [0.29, 0.717) is 21.9 Å². The number of aromatic hydroxyl groups is 1. The lowest BCUT2D eigenvalue weighted by Gasteiger charge is -2.50. The van der Waals surface area contributed by atoms with E-state index in [1.165, 1.54) is 6.07 Å². The Bertz CT molecular complexity index is 1170. The molecule has 0 amide bonds. The van der Waals surface area contributed by atoms with Gasteiger partial charge in [0.2, 0.25) is 0 Å². The fraction of sp³-hybridized carbons (Fsp3) is 0.182. The van der Waals surface area contributed by atoms with Crippen molar-refractivity contribution in [2.45, 2.75) is 22.1 Å². The predicted molar refractivity (Wildman–Crippen MR) is 117 cm³/mol. The number of halogens is 4. The maximum Gasteiger partial charge on any atom is 0.199 e. The molecule has 2 aliphatic rings. The number of hydrogen-bond acceptors (Lipinski definition) is 3. The van der Waals surface area contributed by atoms with E-state index in [1.807, 2.05) is 0 Å². The molecule has 7 heteroatoms. The van der Waals surface area contributed by atoms with Crippen LogP contribution >= 0.6 is 46.4 Å². The summed E-state index contributed by atoms with van der Waals surface area (Å²) < 4.78 is 0. The van der Waals surface area contributed by atoms with Crippen LogP contribution in [0.5, 0.6) is 5.75 Å². The van der Waals surface area contributed by atoms with Gasteiger partial charge in [0.05, 0.1) is 0 Å². The Balaban J connectivity index is 2.10. The van der Waals surface area contributed by atoms with Crippen LogP contribution < -0.4 is 0 Å². The number of carbonyl (C=O) groups is 2. The van der Waals surface area contributed by atoms with E-state index >= 15 is 0 Å². The van der Waals surface area contributed by atoms with Crippen LogP contribution in [0.3, 0.4) is 0 Å². The summed E-state index contributed by atoms with van der Waals surface area (Å²) in [6.45, 7) is 3.84. The summed E-state index contributed by atoms with van der Waals surface area (Å²) in [5.74, 6) is -2.16. The molecule has 0 heterocycles. The normalized spacial score (nSPS) is 29.7. The zero-order chi connectivity index (χ0) is 21.1. The van der Waals surface area contributed by atoms with Crippen molar-refractivity contribution in [3.8, 4) is 5.75 Å². The zero-order valence-electron chi connectivity index (χ0n) is 14.9. The van der Waals surface area contributed by atoms with Gasteiger partial charge in [-0.25, -0.2) is 0 Å². The Hall–Kier alpha value is -1.78. The Morgan fingerprint density at radius 2 is 1.62 bits per heavy atom. The Morgan fingerprint density at radius 1 is 1.00 bits per heavy atom. The molecule has 0 radical (unpaired) electrons. The SMILES string of the molecule is C=CC1=CCC2(Cl)C(=O)C(Cl)=C(Cl)C(=O)C2(Cl)C1c1ccc(O)c2ccccc12. The number of hydrogen-bond donors (Lipinski definition) is 1. The molecule has 0 spiro atoms. The van der Waals surface area contributed by atoms with Crippen LogP contribution in [0.25, 0.3) is 10.8 Å². The zero-order valence-corrected chi connectivity index (χ0v) is 17.9. The molecule has 3 atom stereocenters. The van der Waals surface area contributed by atoms with Gasteiger partial charge < -0.3 is 5.11 Å². The van der Waals surface area contributed by atoms with E-state index < -0.39 is 37.3 Å². The molecule has 2 aromatic carbocycles. The Labute approximate surface area is 187 Å². The predicted octanol–water partition coefficient (Wildman–Crippen LogP) is 5.94. The monoisotopic (exact) mass is 466 g/mol. The number of Topliss-reactive ketones (excluding diaryl/α,β-unsaturated/α-hetero) is 2. The Kier molecular flexibility index (Phi) is 4.86. The van der Waals surface area contributed by atoms with Crippen LogP contribution in [0, 0.1) is 0 Å². The molecule has 0 aromatic heterocycles. The molecule has 1 N–H and O–H groups in total. The van der Waals surface area contributed by atoms with Gasteiger partial charge in [0.25, 0.3) is 0 Å². The van der Waals surface area contributed by atoms with Gasteiger partial charge in [0, 0.05) is 11.3 Å². The summed E-state index contributed by atoms with van der Waals surface area (Å²) in [6, 6.07) is 10.3. The molecule has 148 valence electrons. The number of benzene rings is 2. The minimum atomic E-state index is -1.92. The molecule has 0 aliphatic heterocycles. The summed E-state index contributed by atoms with van der Waals surface area (Å²) in [7, 11) is 0. The van der Waals surface area contributed by atoms with Gasteiger partial charge in [-0.05, 0) is 29.0 Å². The van der Waals surface area contributed by atoms with E-state index in [1.54, 1.807) is 42.5 Å². The van der Waals surface area contributed by atoms with Crippen molar-refractivity contribution >= 4 is 68.7 Å². The molecule has 2 aliphatic carbocycles. The third-order valence-electron chi connectivity index (χ3n) is 5.69. The average molecular weight is 468 g/mol. The number of alkyl halides is 2. The van der Waals surface area contributed by atoms with Crippen molar-refractivity contribution in [3.63, 3.8) is 0 Å². The van der Waals surface area contributed by atoms with Gasteiger partial charge >= 0.3 is 0 Å². The van der Waals surface area contributed by atoms with E-state index in [4.69, 9.17) is 46.4 Å². The summed E-state index contributed by atoms with van der Waals surface area (Å²) in [5, 5.41) is 10.7. The largest absolute Gasteiger partial charge is 0.507 e. The smallest absolute Gasteiger partial charge is 0.199 e. The number of phenols is 1. The highest BCUT2D eigenvalue weighted by Crippen LogP contribution is 2.60. The van der Waals surface area contributed by atoms with Crippen LogP contribution in [0.4, 0.5) is 0 Å². The van der Waals surface area contributed by atoms with Gasteiger partial charge in [-0.1, -0.05) is 72.3 Å². The van der Waals surface area contributed by atoms with E-state index in [0.717, 1.165) is 0 Å². The number of ketones is 2. The first kappa shape index (κ1) is 20.5. The number of fused-ring (bicyclic) bond motifs is 2. The number of allylic oxidation sites excluding steroid dienone is 5. The average Bonchev–Trinajstić information content (AvgIpc) is 2.73. The minimum absolute atomic E-state index is 0.00309. The van der Waals surface area contributed by atoms with E-state index in [-0.39, 0.29) is 12.2 Å². The van der Waals surface area contributed by atoms with Gasteiger partial charge in [-0.3, -0.25) is 9.59 Å². The standard InChI is InChI=1S/C22H14Cl4O3/c1-2-11-9-10-21(25)19(28)17(23)18(24)20(29)22(21,26)16(11)14-7-8-15(27)13-6-4-3-5-12(13)14/h2-9,16,27H,1,10H2. The number of carbonyl (C=O) groups excluding carboxylic acids is 2. The molecule has 29 heavy (non-hydrogen) atoms. The van der Waals surface area contributed by atoms with Crippen molar-refractivity contribution in [2.24, 2.45) is 0 Å². The molecule has 2 aromatic rings. The number of rotatable bonds is 2. The van der Waals surface area contributed by atoms with Crippen LogP contribution in [-0.4, -0.2) is 26.4 Å². The van der Waals surface area contributed by atoms with Crippen LogP contribution in [0.15, 0.2) is 70.8 Å². The second-order valence-corrected chi connectivity index (χ2v) is 9.06. The first-order chi connectivity index (χ1) is 13.7. The van der Waals surface area contributed by atoms with Gasteiger partial charge in [0.1, 0.15) is 25.6 Å². The quantitative estimate of drug-likeness (QED) is 0.556. The third kappa shape index (κ3) is 2.58. The molecule has 3 unspecified atom stereocenters. The third-order valence-corrected chi connectivity index (χ3v) is 7.94. The molecular formula is C22H14Cl4O3. The van der Waals surface area contributed by atoms with Crippen molar-refractivity contribution in [1.29, 1.82) is 0 Å². The molecular weight excluding hydrogens is 454 g/mol. The summed E-state index contributed by atoms with van der Waals surface area (Å²) in [6.07, 6.45) is 3.32. The minimum Gasteiger partial charge on any atom is -0.507 e. The lowest BCUT2D eigenvalue weighted by Crippen LogP contribution is -2.64. The highest BCUT2D eigenvalue weighted by atomic mass is 35.5. The summed E-state index contributed by atoms with van der Waals surface area (Å²) >= 11 is 25.9. The summed E-state index contributed by atoms with van der Waals surface area (Å²) in [4.78, 5) is 22.6. The maximum atomic E-state index is 13.3. The van der Waals surface area contributed by atoms with Gasteiger partial charge in [-0.15, -0.1) is 23.2 Å². The van der Waals surface area contributed by atoms with E-state index in [2.05, 4.69) is 6.58 Å². The molecule has 0 saturated carbocycles. The highest BCUT2D eigenvalue weighted by molar-refractivity contribution is 6.66. The molecule has 3 nitrogen and oxygen atoms in total. The molecule has 0 fully saturated rings. The lowest BCUT2D eigenvalue weighted by atomic mass is 9.62. The molecule has 0 bridgehead atoms. The fourth-order valence-corrected chi connectivity index (χ4v) is 5.68. The van der Waals surface area contributed by atoms with Crippen molar-refractivity contribution in [3.05, 3.63) is 76.3 Å². The van der Waals surface area contributed by atoms with Crippen molar-refractivity contribution < 1.29 is 14.7 Å². The highest BCUT2D eigenvalue weighted by Gasteiger charge is 2.68. The van der Waals surface area contributed by atoms with Gasteiger partial charge in [-0.2, -0.15) is 0 Å². The van der Waals surface area contributed by atoms with Gasteiger partial charge in [0.15, 0.2) is 11.6 Å². The maximum absolute atomic E-state index is 13.3. The second-order valence-electron chi connectivity index (χ2n) is 7.06. The topological polar surface area (TPSA) is 54.4 Å². The first-order valence-electron chi connectivity index (χ1n) is 8.74. The fourth-order valence-electron chi connectivity index (χ4n) is 4.24. The Morgan fingerprint density at radius 3 is 2.28 bits per heavy atom. The second kappa shape index (κ2) is 6.88. The van der Waals surface area contributed by atoms with E-state index in [9.17, 15) is 14.7 Å². The van der Waals surface area contributed by atoms with Crippen LogP contribution in [0.1, 0.15) is 17.9 Å². The first-order valence-corrected chi connectivity index (χ1v) is 10.3. The lowest BCUT2D eigenvalue weighted by molar-refractivity contribution is -0.127. The number of phenolic OH excluding ortho intramolecular Hbond substituents is 1. The summed E-state index contributed by atoms with van der Waals surface area (Å²) in [5.41, 5.74) is 1.25. The van der Waals surface area contributed by atoms with Crippen LogP contribution in [0.2, 0.25) is 0 Å². The van der Waals surface area contributed by atoms with Crippen molar-refractivity contribution in [1.82, 2.24) is 0 Å². The van der Waals surface area contributed by atoms with Crippen LogP contribution in [-0.2, 0) is 9.59 Å². The molecule has 4 rings (SSSR count).